The predicted molar refractivity (Wildman–Crippen MR) is 103 cm³/mol. The highest BCUT2D eigenvalue weighted by Gasteiger charge is 2.55. The van der Waals surface area contributed by atoms with Crippen molar-refractivity contribution in [3.8, 4) is 0 Å². The Morgan fingerprint density at radius 1 is 1.22 bits per heavy atom. The Bertz CT molecular complexity index is 746. The zero-order chi connectivity index (χ0) is 19.6. The third-order valence-electron chi connectivity index (χ3n) is 5.77. The average Bonchev–Trinajstić information content (AvgIpc) is 2.83. The molecule has 0 radical (unpaired) electrons. The van der Waals surface area contributed by atoms with Crippen LogP contribution in [0.15, 0.2) is 24.3 Å². The summed E-state index contributed by atoms with van der Waals surface area (Å²) in [5.41, 5.74) is 0.164. The van der Waals surface area contributed by atoms with Gasteiger partial charge in [-0.3, -0.25) is 14.5 Å². The lowest BCUT2D eigenvalue weighted by molar-refractivity contribution is -0.140. The lowest BCUT2D eigenvalue weighted by Gasteiger charge is -2.35. The van der Waals surface area contributed by atoms with Crippen LogP contribution in [0.3, 0.4) is 0 Å². The minimum atomic E-state index is -0.750. The lowest BCUT2D eigenvalue weighted by atomic mass is 9.81. The van der Waals surface area contributed by atoms with E-state index in [2.05, 4.69) is 0 Å². The number of imide groups is 1. The number of hydrogen-bond acceptors (Lipinski definition) is 3. The van der Waals surface area contributed by atoms with Gasteiger partial charge in [-0.05, 0) is 37.5 Å². The molecule has 1 saturated carbocycles. The van der Waals surface area contributed by atoms with Crippen LogP contribution in [0.25, 0.3) is 0 Å². The van der Waals surface area contributed by atoms with Gasteiger partial charge >= 0.3 is 6.03 Å². The Morgan fingerprint density at radius 3 is 2.56 bits per heavy atom. The second-order valence-electron chi connectivity index (χ2n) is 7.36. The zero-order valence-corrected chi connectivity index (χ0v) is 16.7. The molecular formula is C20H26ClN3O3. The monoisotopic (exact) mass is 391 g/mol. The highest BCUT2D eigenvalue weighted by molar-refractivity contribution is 6.30. The van der Waals surface area contributed by atoms with E-state index in [1.807, 2.05) is 25.1 Å². The van der Waals surface area contributed by atoms with E-state index >= 15 is 0 Å². The number of carbonyl (C=O) groups is 3. The smallest absolute Gasteiger partial charge is 0.327 e. The van der Waals surface area contributed by atoms with Crippen LogP contribution in [-0.2, 0) is 16.1 Å². The molecule has 2 fully saturated rings. The van der Waals surface area contributed by atoms with Gasteiger partial charge in [0.1, 0.15) is 12.1 Å². The SMILES string of the molecule is CCN(Cc1cccc(Cl)c1)C(=O)CN1C(=O)N(C)C2(CCCCC2)C1=O. The highest BCUT2D eigenvalue weighted by atomic mass is 35.5. The fourth-order valence-electron chi connectivity index (χ4n) is 4.14. The van der Waals surface area contributed by atoms with Crippen molar-refractivity contribution < 1.29 is 14.4 Å². The van der Waals surface area contributed by atoms with Gasteiger partial charge in [0.2, 0.25) is 5.91 Å². The summed E-state index contributed by atoms with van der Waals surface area (Å²) < 4.78 is 0. The molecule has 4 amide bonds. The normalized spacial score (nSPS) is 19.1. The minimum Gasteiger partial charge on any atom is -0.337 e. The number of amides is 4. The summed E-state index contributed by atoms with van der Waals surface area (Å²) in [5, 5.41) is 0.613. The number of halogens is 1. The standard InChI is InChI=1S/C20H26ClN3O3/c1-3-23(13-15-8-7-9-16(21)12-15)17(25)14-24-18(26)20(22(2)19(24)27)10-5-4-6-11-20/h7-9,12H,3-6,10-11,13-14H2,1-2H3. The summed E-state index contributed by atoms with van der Waals surface area (Å²) >= 11 is 6.02. The molecule has 3 rings (SSSR count). The first-order valence-electron chi connectivity index (χ1n) is 9.51. The molecule has 0 bridgehead atoms. The first-order valence-corrected chi connectivity index (χ1v) is 9.89. The molecule has 1 spiro atoms. The number of nitrogens with zero attached hydrogens (tertiary/aromatic N) is 3. The van der Waals surface area contributed by atoms with Crippen molar-refractivity contribution in [1.82, 2.24) is 14.7 Å². The summed E-state index contributed by atoms with van der Waals surface area (Å²) in [6.45, 7) is 2.55. The fourth-order valence-corrected chi connectivity index (χ4v) is 4.35. The van der Waals surface area contributed by atoms with E-state index in [9.17, 15) is 14.4 Å². The molecule has 146 valence electrons. The van der Waals surface area contributed by atoms with Gasteiger partial charge < -0.3 is 9.80 Å². The van der Waals surface area contributed by atoms with E-state index in [0.29, 0.717) is 31.0 Å². The number of urea groups is 1. The second kappa shape index (κ2) is 7.89. The average molecular weight is 392 g/mol. The van der Waals surface area contributed by atoms with Gasteiger partial charge in [0, 0.05) is 25.2 Å². The van der Waals surface area contributed by atoms with Gasteiger partial charge in [0.15, 0.2) is 0 Å². The first kappa shape index (κ1) is 19.7. The molecule has 1 aliphatic heterocycles. The molecule has 27 heavy (non-hydrogen) atoms. The van der Waals surface area contributed by atoms with Crippen molar-refractivity contribution in [2.45, 2.75) is 51.1 Å². The minimum absolute atomic E-state index is 0.210. The highest BCUT2D eigenvalue weighted by Crippen LogP contribution is 2.39. The van der Waals surface area contributed by atoms with Crippen molar-refractivity contribution in [1.29, 1.82) is 0 Å². The number of rotatable bonds is 5. The number of hydrogen-bond donors (Lipinski definition) is 0. The molecule has 1 heterocycles. The molecule has 7 heteroatoms. The Labute approximate surface area is 165 Å². The van der Waals surface area contributed by atoms with E-state index < -0.39 is 5.54 Å². The van der Waals surface area contributed by atoms with E-state index in [-0.39, 0.29) is 24.4 Å². The predicted octanol–water partition coefficient (Wildman–Crippen LogP) is 3.29. The summed E-state index contributed by atoms with van der Waals surface area (Å²) in [4.78, 5) is 42.8. The molecule has 6 nitrogen and oxygen atoms in total. The molecule has 0 atom stereocenters. The van der Waals surface area contributed by atoms with Crippen LogP contribution < -0.4 is 0 Å². The first-order chi connectivity index (χ1) is 12.9. The molecule has 2 aliphatic rings. The van der Waals surface area contributed by atoms with Crippen molar-refractivity contribution in [2.75, 3.05) is 20.1 Å². The largest absolute Gasteiger partial charge is 0.337 e. The van der Waals surface area contributed by atoms with Gasteiger partial charge in [0.25, 0.3) is 5.91 Å². The summed E-state index contributed by atoms with van der Waals surface area (Å²) in [5.74, 6) is -0.456. The number of likely N-dealkylation sites (N-methyl/N-ethyl adjacent to an activating group) is 2. The Kier molecular flexibility index (Phi) is 5.75. The van der Waals surface area contributed by atoms with Crippen molar-refractivity contribution >= 4 is 29.4 Å². The van der Waals surface area contributed by atoms with Crippen molar-refractivity contribution in [2.24, 2.45) is 0 Å². The van der Waals surface area contributed by atoms with E-state index in [4.69, 9.17) is 11.6 Å². The number of benzene rings is 1. The molecule has 0 unspecified atom stereocenters. The van der Waals surface area contributed by atoms with Gasteiger partial charge in [-0.15, -0.1) is 0 Å². The van der Waals surface area contributed by atoms with Gasteiger partial charge in [-0.1, -0.05) is 43.0 Å². The maximum absolute atomic E-state index is 13.0. The van der Waals surface area contributed by atoms with Crippen LogP contribution in [0.2, 0.25) is 5.02 Å². The summed E-state index contributed by atoms with van der Waals surface area (Å²) in [6, 6.07) is 6.97. The van der Waals surface area contributed by atoms with E-state index in [1.165, 1.54) is 0 Å². The van der Waals surface area contributed by atoms with E-state index in [1.54, 1.807) is 22.9 Å². The fraction of sp³-hybridized carbons (Fsp3) is 0.550. The maximum atomic E-state index is 13.0. The topological polar surface area (TPSA) is 60.9 Å². The van der Waals surface area contributed by atoms with Crippen LogP contribution >= 0.6 is 11.6 Å². The van der Waals surface area contributed by atoms with Crippen LogP contribution in [0.4, 0.5) is 4.79 Å². The van der Waals surface area contributed by atoms with Crippen LogP contribution in [0.5, 0.6) is 0 Å². The van der Waals surface area contributed by atoms with Gasteiger partial charge in [-0.25, -0.2) is 4.79 Å². The zero-order valence-electron chi connectivity index (χ0n) is 15.9. The molecule has 1 aliphatic carbocycles. The summed E-state index contributed by atoms with van der Waals surface area (Å²) in [6.07, 6.45) is 4.30. The molecule has 0 N–H and O–H groups in total. The van der Waals surface area contributed by atoms with Crippen LogP contribution in [-0.4, -0.2) is 58.2 Å². The van der Waals surface area contributed by atoms with E-state index in [0.717, 1.165) is 29.7 Å². The quantitative estimate of drug-likeness (QED) is 0.723. The van der Waals surface area contributed by atoms with Crippen molar-refractivity contribution in [3.63, 3.8) is 0 Å². The molecule has 1 aromatic carbocycles. The Morgan fingerprint density at radius 2 is 1.93 bits per heavy atom. The second-order valence-corrected chi connectivity index (χ2v) is 7.80. The lowest BCUT2D eigenvalue weighted by Crippen LogP contribution is -2.49. The third kappa shape index (κ3) is 3.68. The molecule has 1 aromatic rings. The molecule has 1 saturated heterocycles. The molecular weight excluding hydrogens is 366 g/mol. The van der Waals surface area contributed by atoms with Gasteiger partial charge in [0.05, 0.1) is 0 Å². The number of carbonyl (C=O) groups excluding carboxylic acids is 3. The van der Waals surface area contributed by atoms with Gasteiger partial charge in [-0.2, -0.15) is 0 Å². The Hall–Kier alpha value is -2.08. The van der Waals surface area contributed by atoms with Crippen molar-refractivity contribution in [3.05, 3.63) is 34.9 Å². The maximum Gasteiger partial charge on any atom is 0.327 e. The third-order valence-corrected chi connectivity index (χ3v) is 6.01. The molecule has 0 aromatic heterocycles. The van der Waals surface area contributed by atoms with Crippen LogP contribution in [0, 0.1) is 0 Å². The Balaban J connectivity index is 1.72. The summed E-state index contributed by atoms with van der Waals surface area (Å²) in [7, 11) is 1.68. The van der Waals surface area contributed by atoms with Crippen LogP contribution in [0.1, 0.15) is 44.6 Å².